The van der Waals surface area contributed by atoms with E-state index < -0.39 is 15.9 Å². The lowest BCUT2D eigenvalue weighted by molar-refractivity contribution is 0.0981. The van der Waals surface area contributed by atoms with Crippen molar-refractivity contribution in [3.05, 3.63) is 40.5 Å². The molecule has 0 atom stereocenters. The first-order valence-electron chi connectivity index (χ1n) is 5.35. The lowest BCUT2D eigenvalue weighted by Crippen LogP contribution is -2.30. The molecule has 1 N–H and O–H groups in total. The fourth-order valence-electron chi connectivity index (χ4n) is 1.70. The van der Waals surface area contributed by atoms with Crippen molar-refractivity contribution in [2.24, 2.45) is 0 Å². The number of aryl methyl sites for hydroxylation is 1. The van der Waals surface area contributed by atoms with Crippen molar-refractivity contribution in [2.45, 2.75) is 6.92 Å². The van der Waals surface area contributed by atoms with Crippen molar-refractivity contribution in [2.75, 3.05) is 6.26 Å². The van der Waals surface area contributed by atoms with Crippen LogP contribution in [0, 0.1) is 6.92 Å². The normalized spacial score (nSPS) is 11.5. The Morgan fingerprint density at radius 2 is 2.00 bits per heavy atom. The molecule has 2 aromatic rings. The summed E-state index contributed by atoms with van der Waals surface area (Å²) in [5.41, 5.74) is 1.36. The molecule has 1 aromatic carbocycles. The minimum Gasteiger partial charge on any atom is -0.268 e. The van der Waals surface area contributed by atoms with Gasteiger partial charge in [0.25, 0.3) is 5.91 Å². The van der Waals surface area contributed by atoms with Crippen molar-refractivity contribution in [1.29, 1.82) is 0 Å². The van der Waals surface area contributed by atoms with Crippen molar-refractivity contribution in [3.63, 3.8) is 0 Å². The standard InChI is InChI=1S/C12H11ClN2O3S/c1-7-10(12(16)15-19(2,17)18)6-8-5-9(13)3-4-11(8)14-7/h3-6H,1-2H3,(H,15,16). The van der Waals surface area contributed by atoms with Crippen LogP contribution in [0.3, 0.4) is 0 Å². The molecule has 7 heteroatoms. The molecule has 0 spiro atoms. The van der Waals surface area contributed by atoms with E-state index in [1.807, 2.05) is 4.72 Å². The van der Waals surface area contributed by atoms with Gasteiger partial charge < -0.3 is 0 Å². The summed E-state index contributed by atoms with van der Waals surface area (Å²) in [6, 6.07) is 6.68. The molecule has 0 aliphatic heterocycles. The maximum atomic E-state index is 11.8. The summed E-state index contributed by atoms with van der Waals surface area (Å²) < 4.78 is 24.1. The predicted octanol–water partition coefficient (Wildman–Crippen LogP) is 1.89. The van der Waals surface area contributed by atoms with Gasteiger partial charge in [-0.1, -0.05) is 11.6 Å². The molecule has 0 radical (unpaired) electrons. The SMILES string of the molecule is Cc1nc2ccc(Cl)cc2cc1C(=O)NS(C)(=O)=O. The highest BCUT2D eigenvalue weighted by Crippen LogP contribution is 2.20. The number of hydrogen-bond acceptors (Lipinski definition) is 4. The van der Waals surface area contributed by atoms with Gasteiger partial charge in [-0.05, 0) is 31.2 Å². The minimum atomic E-state index is -3.60. The zero-order valence-electron chi connectivity index (χ0n) is 10.3. The molecular weight excluding hydrogens is 288 g/mol. The number of amides is 1. The second-order valence-corrected chi connectivity index (χ2v) is 6.35. The van der Waals surface area contributed by atoms with Gasteiger partial charge in [0, 0.05) is 10.4 Å². The molecular formula is C12H11ClN2O3S. The molecule has 0 saturated carbocycles. The monoisotopic (exact) mass is 298 g/mol. The Labute approximate surface area is 115 Å². The molecule has 2 rings (SSSR count). The van der Waals surface area contributed by atoms with E-state index in [-0.39, 0.29) is 5.56 Å². The maximum Gasteiger partial charge on any atom is 0.266 e. The largest absolute Gasteiger partial charge is 0.268 e. The molecule has 0 aliphatic rings. The van der Waals surface area contributed by atoms with Crippen LogP contribution in [0.15, 0.2) is 24.3 Å². The van der Waals surface area contributed by atoms with Gasteiger partial charge in [0.1, 0.15) is 0 Å². The second kappa shape index (κ2) is 4.79. The summed E-state index contributed by atoms with van der Waals surface area (Å²) >= 11 is 5.87. The van der Waals surface area contributed by atoms with Crippen LogP contribution in [-0.4, -0.2) is 25.6 Å². The molecule has 1 heterocycles. The minimum absolute atomic E-state index is 0.209. The molecule has 0 unspecified atom stereocenters. The fraction of sp³-hybridized carbons (Fsp3) is 0.167. The van der Waals surface area contributed by atoms with Gasteiger partial charge in [-0.15, -0.1) is 0 Å². The lowest BCUT2D eigenvalue weighted by Gasteiger charge is -2.07. The van der Waals surface area contributed by atoms with E-state index in [2.05, 4.69) is 4.98 Å². The van der Waals surface area contributed by atoms with Crippen LogP contribution in [0.1, 0.15) is 16.1 Å². The Morgan fingerprint density at radius 3 is 2.63 bits per heavy atom. The van der Waals surface area contributed by atoms with Gasteiger partial charge in [0.05, 0.1) is 23.0 Å². The van der Waals surface area contributed by atoms with Crippen LogP contribution in [0.25, 0.3) is 10.9 Å². The molecule has 1 aromatic heterocycles. The first-order valence-corrected chi connectivity index (χ1v) is 7.62. The summed E-state index contributed by atoms with van der Waals surface area (Å²) in [6.45, 7) is 1.64. The van der Waals surface area contributed by atoms with Crippen molar-refractivity contribution in [3.8, 4) is 0 Å². The highest BCUT2D eigenvalue weighted by atomic mass is 35.5. The number of sulfonamides is 1. The van der Waals surface area contributed by atoms with E-state index in [4.69, 9.17) is 11.6 Å². The van der Waals surface area contributed by atoms with Crippen LogP contribution in [0.2, 0.25) is 5.02 Å². The number of carbonyl (C=O) groups excluding carboxylic acids is 1. The van der Waals surface area contributed by atoms with Crippen LogP contribution >= 0.6 is 11.6 Å². The van der Waals surface area contributed by atoms with Crippen LogP contribution in [0.5, 0.6) is 0 Å². The highest BCUT2D eigenvalue weighted by Gasteiger charge is 2.15. The Kier molecular flexibility index (Phi) is 3.47. The summed E-state index contributed by atoms with van der Waals surface area (Å²) in [5, 5.41) is 1.20. The number of aromatic nitrogens is 1. The smallest absolute Gasteiger partial charge is 0.266 e. The van der Waals surface area contributed by atoms with Crippen molar-refractivity contribution >= 4 is 38.4 Å². The number of fused-ring (bicyclic) bond motifs is 1. The first kappa shape index (κ1) is 13.8. The van der Waals surface area contributed by atoms with Crippen LogP contribution < -0.4 is 4.72 Å². The number of carbonyl (C=O) groups is 1. The number of rotatable bonds is 2. The zero-order chi connectivity index (χ0) is 14.2. The quantitative estimate of drug-likeness (QED) is 0.918. The number of halogens is 1. The second-order valence-electron chi connectivity index (χ2n) is 4.16. The van der Waals surface area contributed by atoms with Crippen molar-refractivity contribution in [1.82, 2.24) is 9.71 Å². The third kappa shape index (κ3) is 3.21. The molecule has 0 fully saturated rings. The number of benzene rings is 1. The van der Waals surface area contributed by atoms with Gasteiger partial charge in [-0.3, -0.25) is 9.78 Å². The average molecular weight is 299 g/mol. The molecule has 19 heavy (non-hydrogen) atoms. The van der Waals surface area contributed by atoms with E-state index in [0.29, 0.717) is 21.6 Å². The summed E-state index contributed by atoms with van der Waals surface area (Å²) in [4.78, 5) is 16.1. The third-order valence-corrected chi connectivity index (χ3v) is 3.28. The summed E-state index contributed by atoms with van der Waals surface area (Å²) in [7, 11) is -3.60. The van der Waals surface area contributed by atoms with Gasteiger partial charge >= 0.3 is 0 Å². The zero-order valence-corrected chi connectivity index (χ0v) is 11.8. The topological polar surface area (TPSA) is 76.1 Å². The predicted molar refractivity (Wildman–Crippen MR) is 73.8 cm³/mol. The first-order chi connectivity index (χ1) is 8.76. The Balaban J connectivity index is 2.54. The van der Waals surface area contributed by atoms with E-state index >= 15 is 0 Å². The fourth-order valence-corrected chi connectivity index (χ4v) is 2.32. The van der Waals surface area contributed by atoms with Gasteiger partial charge in [0.2, 0.25) is 10.0 Å². The number of nitrogens with one attached hydrogen (secondary N) is 1. The van der Waals surface area contributed by atoms with E-state index in [1.54, 1.807) is 31.2 Å². The molecule has 0 saturated heterocycles. The van der Waals surface area contributed by atoms with Gasteiger partial charge in [0.15, 0.2) is 0 Å². The van der Waals surface area contributed by atoms with Gasteiger partial charge in [-0.2, -0.15) is 0 Å². The average Bonchev–Trinajstić information content (AvgIpc) is 2.26. The van der Waals surface area contributed by atoms with Gasteiger partial charge in [-0.25, -0.2) is 13.1 Å². The van der Waals surface area contributed by atoms with Crippen LogP contribution in [-0.2, 0) is 10.0 Å². The number of hydrogen-bond donors (Lipinski definition) is 1. The number of pyridine rings is 1. The molecule has 0 aliphatic carbocycles. The highest BCUT2D eigenvalue weighted by molar-refractivity contribution is 7.89. The lowest BCUT2D eigenvalue weighted by atomic mass is 10.1. The molecule has 1 amide bonds. The molecule has 5 nitrogen and oxygen atoms in total. The maximum absolute atomic E-state index is 11.8. The van der Waals surface area contributed by atoms with E-state index in [9.17, 15) is 13.2 Å². The molecule has 0 bridgehead atoms. The van der Waals surface area contributed by atoms with Crippen molar-refractivity contribution < 1.29 is 13.2 Å². The van der Waals surface area contributed by atoms with E-state index in [0.717, 1.165) is 6.26 Å². The number of nitrogens with zero attached hydrogens (tertiary/aromatic N) is 1. The summed E-state index contributed by atoms with van der Waals surface area (Å²) in [6.07, 6.45) is 0.922. The molecule has 100 valence electrons. The summed E-state index contributed by atoms with van der Waals surface area (Å²) in [5.74, 6) is -0.700. The van der Waals surface area contributed by atoms with E-state index in [1.165, 1.54) is 0 Å². The Bertz CT molecular complexity index is 772. The van der Waals surface area contributed by atoms with Crippen LogP contribution in [0.4, 0.5) is 0 Å². The Hall–Kier alpha value is -1.66. The Morgan fingerprint density at radius 1 is 1.32 bits per heavy atom. The third-order valence-electron chi connectivity index (χ3n) is 2.49.